The number of aliphatic imine (C=N–C) groups is 1. The van der Waals surface area contributed by atoms with Crippen LogP contribution < -0.4 is 0 Å². The summed E-state index contributed by atoms with van der Waals surface area (Å²) >= 11 is 0. The minimum atomic E-state index is 0.537. The number of hydrogen-bond donors (Lipinski definition) is 0. The van der Waals surface area contributed by atoms with E-state index in [1.54, 1.807) is 0 Å². The number of aryl methyl sites for hydroxylation is 1. The van der Waals surface area contributed by atoms with E-state index < -0.39 is 0 Å². The van der Waals surface area contributed by atoms with Crippen LogP contribution in [0.15, 0.2) is 29.3 Å². The maximum atomic E-state index is 4.41. The Kier molecular flexibility index (Phi) is 1.51. The van der Waals surface area contributed by atoms with Gasteiger partial charge in [-0.25, -0.2) is 0 Å². The van der Waals surface area contributed by atoms with Crippen LogP contribution in [-0.2, 0) is 6.42 Å². The normalized spacial score (nSPS) is 29.8. The predicted octanol–water partition coefficient (Wildman–Crippen LogP) is 2.44. The molecule has 0 saturated heterocycles. The second-order valence-electron chi connectivity index (χ2n) is 3.90. The second-order valence-corrected chi connectivity index (χ2v) is 3.90. The lowest BCUT2D eigenvalue weighted by Gasteiger charge is -2.26. The Morgan fingerprint density at radius 3 is 3.23 bits per heavy atom. The lowest BCUT2D eigenvalue weighted by atomic mass is 9.79. The zero-order valence-electron chi connectivity index (χ0n) is 7.53. The molecular weight excluding hydrogens is 158 g/mol. The van der Waals surface area contributed by atoms with Crippen LogP contribution in [0.5, 0.6) is 0 Å². The van der Waals surface area contributed by atoms with Crippen LogP contribution in [0.1, 0.15) is 29.9 Å². The van der Waals surface area contributed by atoms with Gasteiger partial charge in [0.05, 0.1) is 12.3 Å². The third-order valence-electron chi connectivity index (χ3n) is 3.20. The lowest BCUT2D eigenvalue weighted by Crippen LogP contribution is -2.20. The van der Waals surface area contributed by atoms with E-state index in [1.165, 1.54) is 24.0 Å². The Bertz CT molecular complexity index is 354. The zero-order chi connectivity index (χ0) is 8.67. The smallest absolute Gasteiger partial charge is 0.0579 e. The monoisotopic (exact) mass is 170 g/mol. The molecule has 1 aromatic carbocycles. The SMILES string of the molecule is [C]1=NC2CCc3ccccc3C2C1. The first-order chi connectivity index (χ1) is 6.45. The molecule has 0 amide bonds. The third-order valence-corrected chi connectivity index (χ3v) is 3.20. The summed E-state index contributed by atoms with van der Waals surface area (Å²) < 4.78 is 0. The summed E-state index contributed by atoms with van der Waals surface area (Å²) in [5, 5.41) is 0. The fourth-order valence-electron chi connectivity index (χ4n) is 2.50. The van der Waals surface area contributed by atoms with Crippen molar-refractivity contribution in [2.45, 2.75) is 31.2 Å². The van der Waals surface area contributed by atoms with Gasteiger partial charge in [-0.3, -0.25) is 4.99 Å². The Morgan fingerprint density at radius 1 is 1.31 bits per heavy atom. The van der Waals surface area contributed by atoms with Crippen molar-refractivity contribution >= 4 is 6.21 Å². The van der Waals surface area contributed by atoms with Gasteiger partial charge < -0.3 is 0 Å². The lowest BCUT2D eigenvalue weighted by molar-refractivity contribution is 0.510. The average molecular weight is 170 g/mol. The number of fused-ring (bicyclic) bond motifs is 3. The minimum Gasteiger partial charge on any atom is -0.284 e. The Hall–Kier alpha value is -1.11. The van der Waals surface area contributed by atoms with Crippen molar-refractivity contribution in [2.75, 3.05) is 0 Å². The first kappa shape index (κ1) is 7.31. The van der Waals surface area contributed by atoms with E-state index in [9.17, 15) is 0 Å². The highest BCUT2D eigenvalue weighted by atomic mass is 14.8. The fraction of sp³-hybridized carbons (Fsp3) is 0.417. The highest BCUT2D eigenvalue weighted by Gasteiger charge is 2.31. The van der Waals surface area contributed by atoms with Gasteiger partial charge in [-0.2, -0.15) is 0 Å². The Morgan fingerprint density at radius 2 is 2.23 bits per heavy atom. The zero-order valence-corrected chi connectivity index (χ0v) is 7.53. The van der Waals surface area contributed by atoms with Gasteiger partial charge >= 0.3 is 0 Å². The molecule has 65 valence electrons. The maximum absolute atomic E-state index is 4.41. The van der Waals surface area contributed by atoms with Gasteiger partial charge in [0.25, 0.3) is 0 Å². The molecule has 0 saturated carbocycles. The standard InChI is InChI=1S/C12H12N/c1-2-4-10-9(3-1)5-6-12-11(10)7-8-13-12/h1-4,11-12H,5-7H2. The van der Waals surface area contributed by atoms with E-state index >= 15 is 0 Å². The first-order valence-electron chi connectivity index (χ1n) is 4.95. The van der Waals surface area contributed by atoms with Crippen LogP contribution in [0.4, 0.5) is 0 Å². The molecule has 1 nitrogen and oxygen atoms in total. The fourth-order valence-corrected chi connectivity index (χ4v) is 2.50. The van der Waals surface area contributed by atoms with Crippen molar-refractivity contribution in [2.24, 2.45) is 4.99 Å². The molecule has 2 unspecified atom stereocenters. The van der Waals surface area contributed by atoms with Crippen LogP contribution in [0.3, 0.4) is 0 Å². The van der Waals surface area contributed by atoms with E-state index in [0.29, 0.717) is 12.0 Å². The summed E-state index contributed by atoms with van der Waals surface area (Å²) in [6.45, 7) is 0. The van der Waals surface area contributed by atoms with Crippen LogP contribution in [0.2, 0.25) is 0 Å². The molecular formula is C12H12N. The molecule has 1 aliphatic heterocycles. The molecule has 1 aliphatic carbocycles. The molecule has 0 bridgehead atoms. The minimum absolute atomic E-state index is 0.537. The van der Waals surface area contributed by atoms with E-state index in [2.05, 4.69) is 35.5 Å². The quantitative estimate of drug-likeness (QED) is 0.567. The highest BCUT2D eigenvalue weighted by Crippen LogP contribution is 2.37. The largest absolute Gasteiger partial charge is 0.284 e. The van der Waals surface area contributed by atoms with Crippen LogP contribution in [-0.4, -0.2) is 12.3 Å². The number of nitrogens with zero attached hydrogens (tertiary/aromatic N) is 1. The van der Waals surface area contributed by atoms with Gasteiger partial charge in [0.2, 0.25) is 0 Å². The molecule has 1 radical (unpaired) electrons. The van der Waals surface area contributed by atoms with Crippen LogP contribution in [0.25, 0.3) is 0 Å². The molecule has 0 spiro atoms. The van der Waals surface area contributed by atoms with Crippen molar-refractivity contribution in [3.05, 3.63) is 35.4 Å². The molecule has 13 heavy (non-hydrogen) atoms. The molecule has 0 aromatic heterocycles. The van der Waals surface area contributed by atoms with Crippen molar-refractivity contribution in [1.29, 1.82) is 0 Å². The molecule has 2 atom stereocenters. The molecule has 1 aromatic rings. The second kappa shape index (κ2) is 2.69. The van der Waals surface area contributed by atoms with E-state index in [1.807, 2.05) is 0 Å². The topological polar surface area (TPSA) is 12.4 Å². The van der Waals surface area contributed by atoms with Crippen molar-refractivity contribution in [3.63, 3.8) is 0 Å². The summed E-state index contributed by atoms with van der Waals surface area (Å²) in [6, 6.07) is 9.33. The Balaban J connectivity index is 2.08. The van der Waals surface area contributed by atoms with Crippen molar-refractivity contribution < 1.29 is 0 Å². The van der Waals surface area contributed by atoms with Gasteiger partial charge in [0, 0.05) is 5.92 Å². The first-order valence-corrected chi connectivity index (χ1v) is 4.95. The number of hydrogen-bond acceptors (Lipinski definition) is 1. The van der Waals surface area contributed by atoms with Gasteiger partial charge in [0.1, 0.15) is 0 Å². The molecule has 0 N–H and O–H groups in total. The van der Waals surface area contributed by atoms with E-state index in [-0.39, 0.29) is 0 Å². The van der Waals surface area contributed by atoms with E-state index in [0.717, 1.165) is 6.42 Å². The highest BCUT2D eigenvalue weighted by molar-refractivity contribution is 5.63. The maximum Gasteiger partial charge on any atom is 0.0579 e. The summed E-state index contributed by atoms with van der Waals surface area (Å²) in [6.07, 6.45) is 6.57. The van der Waals surface area contributed by atoms with Crippen molar-refractivity contribution in [3.8, 4) is 0 Å². The number of benzene rings is 1. The van der Waals surface area contributed by atoms with E-state index in [4.69, 9.17) is 0 Å². The van der Waals surface area contributed by atoms with Gasteiger partial charge in [-0.1, -0.05) is 24.3 Å². The molecule has 0 fully saturated rings. The molecule has 2 aliphatic rings. The molecule has 1 heteroatoms. The van der Waals surface area contributed by atoms with Crippen LogP contribution in [0, 0.1) is 0 Å². The molecule has 1 heterocycles. The number of rotatable bonds is 0. The summed E-state index contributed by atoms with van der Waals surface area (Å²) in [5.41, 5.74) is 3.05. The van der Waals surface area contributed by atoms with Crippen molar-refractivity contribution in [1.82, 2.24) is 0 Å². The van der Waals surface area contributed by atoms with Gasteiger partial charge in [-0.05, 0) is 30.4 Å². The summed E-state index contributed by atoms with van der Waals surface area (Å²) in [5.74, 6) is 0.643. The average Bonchev–Trinajstić information content (AvgIpc) is 2.65. The Labute approximate surface area is 78.5 Å². The summed E-state index contributed by atoms with van der Waals surface area (Å²) in [4.78, 5) is 4.41. The molecule has 3 rings (SSSR count). The summed E-state index contributed by atoms with van der Waals surface area (Å²) in [7, 11) is 0. The van der Waals surface area contributed by atoms with Gasteiger partial charge in [-0.15, -0.1) is 0 Å². The van der Waals surface area contributed by atoms with Gasteiger partial charge in [0.15, 0.2) is 0 Å². The van der Waals surface area contributed by atoms with Crippen LogP contribution >= 0.6 is 0 Å². The third kappa shape index (κ3) is 1.03. The predicted molar refractivity (Wildman–Crippen MR) is 53.3 cm³/mol.